The van der Waals surface area contributed by atoms with Gasteiger partial charge < -0.3 is 4.57 Å². The van der Waals surface area contributed by atoms with Crippen molar-refractivity contribution in [3.05, 3.63) is 52.8 Å². The molecule has 0 bridgehead atoms. The second kappa shape index (κ2) is 4.62. The molecule has 0 aliphatic heterocycles. The second-order valence-electron chi connectivity index (χ2n) is 4.41. The van der Waals surface area contributed by atoms with Gasteiger partial charge in [-0.2, -0.15) is 5.26 Å². The number of aromatic nitrogens is 2. The summed E-state index contributed by atoms with van der Waals surface area (Å²) in [5, 5.41) is 9.25. The highest BCUT2D eigenvalue weighted by Gasteiger charge is 2.16. The lowest BCUT2D eigenvalue weighted by molar-refractivity contribution is 0.629. The maximum Gasteiger partial charge on any atom is 0.145 e. The van der Waals surface area contributed by atoms with Crippen LogP contribution in [0.2, 0.25) is 5.02 Å². The molecule has 1 aromatic heterocycles. The highest BCUT2D eigenvalue weighted by Crippen LogP contribution is 2.31. The standard InChI is InChI=1S/C15H9ClFN3/c1-20-13-7-9(8-18)5-6-12(13)19-15(20)14-10(16)3-2-4-11(14)17/h2-7H,1H3. The first-order valence-corrected chi connectivity index (χ1v) is 6.30. The van der Waals surface area contributed by atoms with Gasteiger partial charge in [-0.3, -0.25) is 0 Å². The monoisotopic (exact) mass is 285 g/mol. The van der Waals surface area contributed by atoms with Gasteiger partial charge in [-0.05, 0) is 30.3 Å². The van der Waals surface area contributed by atoms with Crippen molar-refractivity contribution in [3.63, 3.8) is 0 Å². The van der Waals surface area contributed by atoms with Crippen molar-refractivity contribution in [2.45, 2.75) is 0 Å². The Kier molecular flexibility index (Phi) is 2.92. The Balaban J connectivity index is 2.33. The van der Waals surface area contributed by atoms with E-state index in [0.29, 0.717) is 21.9 Å². The number of hydrogen-bond acceptors (Lipinski definition) is 2. The maximum absolute atomic E-state index is 14.0. The normalized spacial score (nSPS) is 10.7. The number of halogens is 2. The van der Waals surface area contributed by atoms with E-state index in [-0.39, 0.29) is 5.56 Å². The van der Waals surface area contributed by atoms with Crippen LogP contribution in [0.5, 0.6) is 0 Å². The minimum absolute atomic E-state index is 0.270. The Hall–Kier alpha value is -2.38. The molecule has 3 rings (SSSR count). The van der Waals surface area contributed by atoms with E-state index in [4.69, 9.17) is 16.9 Å². The first-order valence-electron chi connectivity index (χ1n) is 5.93. The summed E-state index contributed by atoms with van der Waals surface area (Å²) in [6.45, 7) is 0. The van der Waals surface area contributed by atoms with Crippen molar-refractivity contribution in [1.29, 1.82) is 5.26 Å². The van der Waals surface area contributed by atoms with Crippen molar-refractivity contribution in [3.8, 4) is 17.5 Å². The Morgan fingerprint density at radius 2 is 2.10 bits per heavy atom. The van der Waals surface area contributed by atoms with E-state index in [1.807, 2.05) is 0 Å². The van der Waals surface area contributed by atoms with Crippen LogP contribution >= 0.6 is 11.6 Å². The third-order valence-corrected chi connectivity index (χ3v) is 3.51. The minimum Gasteiger partial charge on any atom is -0.327 e. The summed E-state index contributed by atoms with van der Waals surface area (Å²) in [7, 11) is 1.77. The fourth-order valence-electron chi connectivity index (χ4n) is 2.19. The third kappa shape index (κ3) is 1.84. The average molecular weight is 286 g/mol. The fraction of sp³-hybridized carbons (Fsp3) is 0.0667. The van der Waals surface area contributed by atoms with Gasteiger partial charge in [0.05, 0.1) is 33.3 Å². The van der Waals surface area contributed by atoms with Crippen LogP contribution in [0.15, 0.2) is 36.4 Å². The molecule has 0 aliphatic rings. The Labute approximate surface area is 119 Å². The van der Waals surface area contributed by atoms with Gasteiger partial charge in [0.15, 0.2) is 0 Å². The molecule has 0 spiro atoms. The zero-order chi connectivity index (χ0) is 14.3. The highest BCUT2D eigenvalue weighted by atomic mass is 35.5. The van der Waals surface area contributed by atoms with Crippen molar-refractivity contribution in [1.82, 2.24) is 9.55 Å². The third-order valence-electron chi connectivity index (χ3n) is 3.20. The van der Waals surface area contributed by atoms with Crippen LogP contribution in [0, 0.1) is 17.1 Å². The van der Waals surface area contributed by atoms with Crippen LogP contribution in [0.3, 0.4) is 0 Å². The van der Waals surface area contributed by atoms with E-state index in [0.717, 1.165) is 5.52 Å². The number of benzene rings is 2. The first-order chi connectivity index (χ1) is 9.61. The summed E-state index contributed by atoms with van der Waals surface area (Å²) < 4.78 is 15.7. The molecule has 0 amide bonds. The molecule has 0 N–H and O–H groups in total. The summed E-state index contributed by atoms with van der Waals surface area (Å²) >= 11 is 6.08. The number of nitrogens with zero attached hydrogens (tertiary/aromatic N) is 3. The molecular weight excluding hydrogens is 277 g/mol. The molecule has 98 valence electrons. The topological polar surface area (TPSA) is 41.6 Å². The van der Waals surface area contributed by atoms with E-state index < -0.39 is 5.82 Å². The number of aryl methyl sites for hydroxylation is 1. The van der Waals surface area contributed by atoms with Crippen molar-refractivity contribution < 1.29 is 4.39 Å². The molecule has 0 fully saturated rings. The molecular formula is C15H9ClFN3. The summed E-state index contributed by atoms with van der Waals surface area (Å²) in [5.41, 5.74) is 2.26. The second-order valence-corrected chi connectivity index (χ2v) is 4.81. The predicted molar refractivity (Wildman–Crippen MR) is 75.8 cm³/mol. The molecule has 1 heterocycles. The number of fused-ring (bicyclic) bond motifs is 1. The molecule has 2 aromatic carbocycles. The van der Waals surface area contributed by atoms with Gasteiger partial charge in [-0.25, -0.2) is 9.37 Å². The van der Waals surface area contributed by atoms with E-state index in [9.17, 15) is 4.39 Å². The smallest absolute Gasteiger partial charge is 0.145 e. The molecule has 0 saturated carbocycles. The maximum atomic E-state index is 14.0. The van der Waals surface area contributed by atoms with E-state index in [2.05, 4.69) is 11.1 Å². The molecule has 20 heavy (non-hydrogen) atoms. The SMILES string of the molecule is Cn1c(-c2c(F)cccc2Cl)nc2ccc(C#N)cc21. The largest absolute Gasteiger partial charge is 0.327 e. The zero-order valence-electron chi connectivity index (χ0n) is 10.6. The van der Waals surface area contributed by atoms with Crippen LogP contribution in [0.4, 0.5) is 4.39 Å². The molecule has 5 heteroatoms. The Morgan fingerprint density at radius 1 is 1.30 bits per heavy atom. The van der Waals surface area contributed by atoms with Gasteiger partial charge >= 0.3 is 0 Å². The van der Waals surface area contributed by atoms with Gasteiger partial charge in [0.25, 0.3) is 0 Å². The predicted octanol–water partition coefficient (Wildman–Crippen LogP) is 3.90. The molecule has 0 atom stereocenters. The lowest BCUT2D eigenvalue weighted by Crippen LogP contribution is -1.96. The van der Waals surface area contributed by atoms with Gasteiger partial charge in [-0.1, -0.05) is 17.7 Å². The van der Waals surface area contributed by atoms with Crippen molar-refractivity contribution in [2.75, 3.05) is 0 Å². The van der Waals surface area contributed by atoms with Crippen LogP contribution in [-0.2, 0) is 7.05 Å². The molecule has 0 unspecified atom stereocenters. The number of imidazole rings is 1. The van der Waals surface area contributed by atoms with E-state index >= 15 is 0 Å². The van der Waals surface area contributed by atoms with Gasteiger partial charge in [0.2, 0.25) is 0 Å². The molecule has 0 aliphatic carbocycles. The van der Waals surface area contributed by atoms with Gasteiger partial charge in [0, 0.05) is 7.05 Å². The minimum atomic E-state index is -0.420. The zero-order valence-corrected chi connectivity index (χ0v) is 11.3. The molecule has 0 saturated heterocycles. The van der Waals surface area contributed by atoms with Crippen LogP contribution < -0.4 is 0 Å². The molecule has 0 radical (unpaired) electrons. The molecule has 3 nitrogen and oxygen atoms in total. The van der Waals surface area contributed by atoms with Gasteiger partial charge in [0.1, 0.15) is 11.6 Å². The van der Waals surface area contributed by atoms with E-state index in [1.165, 1.54) is 6.07 Å². The van der Waals surface area contributed by atoms with Crippen LogP contribution in [0.1, 0.15) is 5.56 Å². The highest BCUT2D eigenvalue weighted by molar-refractivity contribution is 6.33. The van der Waals surface area contributed by atoms with Crippen LogP contribution in [0.25, 0.3) is 22.4 Å². The number of rotatable bonds is 1. The first kappa shape index (κ1) is 12.6. The average Bonchev–Trinajstić information content (AvgIpc) is 2.76. The summed E-state index contributed by atoms with van der Waals surface area (Å²) in [6, 6.07) is 11.8. The number of nitriles is 1. The number of hydrogen-bond donors (Lipinski definition) is 0. The fourth-order valence-corrected chi connectivity index (χ4v) is 2.44. The van der Waals surface area contributed by atoms with Gasteiger partial charge in [-0.15, -0.1) is 0 Å². The summed E-state index contributed by atoms with van der Waals surface area (Å²) in [6.07, 6.45) is 0. The van der Waals surface area contributed by atoms with Crippen LogP contribution in [-0.4, -0.2) is 9.55 Å². The lowest BCUT2D eigenvalue weighted by Gasteiger charge is -2.06. The Morgan fingerprint density at radius 3 is 2.80 bits per heavy atom. The quantitative estimate of drug-likeness (QED) is 0.680. The lowest BCUT2D eigenvalue weighted by atomic mass is 10.2. The summed E-state index contributed by atoms with van der Waals surface area (Å²) in [5.74, 6) is 0.0228. The van der Waals surface area contributed by atoms with E-state index in [1.54, 1.807) is 41.9 Å². The summed E-state index contributed by atoms with van der Waals surface area (Å²) in [4.78, 5) is 4.41. The van der Waals surface area contributed by atoms with Crippen molar-refractivity contribution in [2.24, 2.45) is 7.05 Å². The Bertz CT molecular complexity index is 841. The molecule has 3 aromatic rings. The van der Waals surface area contributed by atoms with Crippen molar-refractivity contribution >= 4 is 22.6 Å².